The number of halogens is 13. The summed E-state index contributed by atoms with van der Waals surface area (Å²) in [5, 5.41) is 11.1. The third-order valence-corrected chi connectivity index (χ3v) is 7.85. The summed E-state index contributed by atoms with van der Waals surface area (Å²) >= 11 is 0. The molecule has 0 radical (unpaired) electrons. The maximum absolute atomic E-state index is 15.2. The van der Waals surface area contributed by atoms with Crippen molar-refractivity contribution in [2.75, 3.05) is 0 Å². The summed E-state index contributed by atoms with van der Waals surface area (Å²) in [5.74, 6) is -9.20. The standard InChI is InChI=1S/C35H24F13NO4/c36-23-13-22(14-24(16-23)53-35(47,48)31(39)40)32(21-9-11-28(38)26(15-21)34(44,45)46,17-19-6-4-18(5-7-19)2-1-3-29(50)51)49-30(52)20-8-10-27(37)25(12-20)33(41,42)43/h4-16,31H,1-3,17H2,(H,49,52)(H,50,51)/t32-/m1/s1. The van der Waals surface area contributed by atoms with Crippen LogP contribution >= 0.6 is 0 Å². The number of carbonyl (C=O) groups excluding carboxylic acids is 1. The minimum Gasteiger partial charge on any atom is -0.481 e. The van der Waals surface area contributed by atoms with Crippen LogP contribution in [-0.2, 0) is 35.5 Å². The second-order valence-electron chi connectivity index (χ2n) is 11.6. The molecule has 1 amide bonds. The molecule has 0 heterocycles. The SMILES string of the molecule is O=C(O)CCCc1ccc(C[C@](NC(=O)c2ccc(F)c(C(F)(F)F)c2)(c2cc(F)cc(OC(F)(F)C(F)F)c2)c2ccc(F)c(C(F)(F)F)c2)cc1. The molecule has 5 nitrogen and oxygen atoms in total. The molecule has 0 aliphatic carbocycles. The van der Waals surface area contributed by atoms with E-state index in [0.29, 0.717) is 29.8 Å². The van der Waals surface area contributed by atoms with Gasteiger partial charge in [-0.1, -0.05) is 30.3 Å². The van der Waals surface area contributed by atoms with E-state index in [2.05, 4.69) is 10.1 Å². The van der Waals surface area contributed by atoms with Gasteiger partial charge in [0.1, 0.15) is 23.2 Å². The molecule has 53 heavy (non-hydrogen) atoms. The first-order chi connectivity index (χ1) is 24.5. The number of ether oxygens (including phenoxy) is 1. The maximum Gasteiger partial charge on any atom is 0.461 e. The fourth-order valence-electron chi connectivity index (χ4n) is 5.36. The highest BCUT2D eigenvalue weighted by molar-refractivity contribution is 5.95. The third-order valence-electron chi connectivity index (χ3n) is 7.85. The van der Waals surface area contributed by atoms with Crippen LogP contribution in [0.4, 0.5) is 57.1 Å². The number of aliphatic carboxylic acids is 1. The first-order valence-electron chi connectivity index (χ1n) is 15.0. The Kier molecular flexibility index (Phi) is 11.7. The van der Waals surface area contributed by atoms with Crippen LogP contribution in [-0.4, -0.2) is 29.5 Å². The largest absolute Gasteiger partial charge is 0.481 e. The molecule has 0 aromatic heterocycles. The van der Waals surface area contributed by atoms with Crippen molar-refractivity contribution >= 4 is 11.9 Å². The summed E-state index contributed by atoms with van der Waals surface area (Å²) in [6.07, 6.45) is -21.1. The van der Waals surface area contributed by atoms with Crippen molar-refractivity contribution in [3.63, 3.8) is 0 Å². The van der Waals surface area contributed by atoms with Gasteiger partial charge in [-0.2, -0.15) is 43.9 Å². The Labute approximate surface area is 291 Å². The fraction of sp³-hybridized carbons (Fsp3) is 0.257. The van der Waals surface area contributed by atoms with Crippen molar-refractivity contribution < 1.29 is 76.5 Å². The van der Waals surface area contributed by atoms with Crippen molar-refractivity contribution in [2.24, 2.45) is 0 Å². The van der Waals surface area contributed by atoms with Crippen molar-refractivity contribution in [1.82, 2.24) is 5.32 Å². The molecular weight excluding hydrogens is 745 g/mol. The van der Waals surface area contributed by atoms with Crippen molar-refractivity contribution in [3.05, 3.63) is 135 Å². The van der Waals surface area contributed by atoms with E-state index < -0.39 is 99.7 Å². The molecule has 2 N–H and O–H groups in total. The third kappa shape index (κ3) is 9.78. The molecule has 0 saturated heterocycles. The Morgan fingerprint density at radius 3 is 1.83 bits per heavy atom. The van der Waals surface area contributed by atoms with Crippen LogP contribution in [0.25, 0.3) is 0 Å². The molecule has 0 aliphatic heterocycles. The first kappa shape index (κ1) is 40.5. The molecule has 0 unspecified atom stereocenters. The van der Waals surface area contributed by atoms with Crippen LogP contribution in [0.1, 0.15) is 56.6 Å². The van der Waals surface area contributed by atoms with E-state index in [9.17, 15) is 62.3 Å². The van der Waals surface area contributed by atoms with Gasteiger partial charge < -0.3 is 15.2 Å². The maximum atomic E-state index is 15.2. The molecule has 4 aromatic carbocycles. The van der Waals surface area contributed by atoms with Crippen LogP contribution in [0.2, 0.25) is 0 Å². The van der Waals surface area contributed by atoms with Gasteiger partial charge in [0.2, 0.25) is 0 Å². The zero-order valence-electron chi connectivity index (χ0n) is 26.5. The number of alkyl halides is 10. The fourth-order valence-corrected chi connectivity index (χ4v) is 5.36. The lowest BCUT2D eigenvalue weighted by molar-refractivity contribution is -0.253. The van der Waals surface area contributed by atoms with Crippen LogP contribution in [0.15, 0.2) is 78.9 Å². The lowest BCUT2D eigenvalue weighted by Crippen LogP contribution is -2.49. The lowest BCUT2D eigenvalue weighted by atomic mass is 9.76. The van der Waals surface area contributed by atoms with Gasteiger partial charge in [0.25, 0.3) is 5.91 Å². The van der Waals surface area contributed by atoms with Crippen LogP contribution in [0.3, 0.4) is 0 Å². The summed E-state index contributed by atoms with van der Waals surface area (Å²) in [7, 11) is 0. The van der Waals surface area contributed by atoms with E-state index in [1.807, 2.05) is 0 Å². The summed E-state index contributed by atoms with van der Waals surface area (Å²) in [5.41, 5.74) is -8.53. The zero-order chi connectivity index (χ0) is 39.5. The Morgan fingerprint density at radius 1 is 0.698 bits per heavy atom. The zero-order valence-corrected chi connectivity index (χ0v) is 26.5. The van der Waals surface area contributed by atoms with E-state index in [4.69, 9.17) is 5.11 Å². The molecule has 0 saturated carbocycles. The van der Waals surface area contributed by atoms with Crippen molar-refractivity contribution in [2.45, 2.75) is 56.1 Å². The summed E-state index contributed by atoms with van der Waals surface area (Å²) in [6.45, 7) is 0. The van der Waals surface area contributed by atoms with E-state index in [1.54, 1.807) is 0 Å². The van der Waals surface area contributed by atoms with Gasteiger partial charge in [-0.05, 0) is 77.6 Å². The summed E-state index contributed by atoms with van der Waals surface area (Å²) < 4.78 is 185. The molecule has 0 aliphatic rings. The van der Waals surface area contributed by atoms with Gasteiger partial charge in [-0.3, -0.25) is 9.59 Å². The van der Waals surface area contributed by atoms with Gasteiger partial charge in [0, 0.05) is 24.5 Å². The molecular formula is C35H24F13NO4. The summed E-state index contributed by atoms with van der Waals surface area (Å²) in [6, 6.07) is 8.55. The molecule has 4 rings (SSSR count). The highest BCUT2D eigenvalue weighted by Crippen LogP contribution is 2.41. The number of nitrogens with one attached hydrogen (secondary N) is 1. The highest BCUT2D eigenvalue weighted by Gasteiger charge is 2.46. The number of amides is 1. The molecule has 0 bridgehead atoms. The molecule has 18 heteroatoms. The lowest BCUT2D eigenvalue weighted by Gasteiger charge is -2.37. The minimum absolute atomic E-state index is 0.0462. The normalized spacial score (nSPS) is 13.5. The Hall–Kier alpha value is -5.29. The van der Waals surface area contributed by atoms with Gasteiger partial charge in [0.15, 0.2) is 0 Å². The monoisotopic (exact) mass is 769 g/mol. The second-order valence-corrected chi connectivity index (χ2v) is 11.6. The molecule has 0 spiro atoms. The molecule has 284 valence electrons. The average molecular weight is 770 g/mol. The number of hydrogen-bond acceptors (Lipinski definition) is 3. The Morgan fingerprint density at radius 2 is 1.26 bits per heavy atom. The predicted octanol–water partition coefficient (Wildman–Crippen LogP) is 9.70. The van der Waals surface area contributed by atoms with Gasteiger partial charge in [-0.25, -0.2) is 13.2 Å². The van der Waals surface area contributed by atoms with Crippen molar-refractivity contribution in [1.29, 1.82) is 0 Å². The van der Waals surface area contributed by atoms with Crippen LogP contribution in [0.5, 0.6) is 5.75 Å². The average Bonchev–Trinajstić information content (AvgIpc) is 3.03. The van der Waals surface area contributed by atoms with Gasteiger partial charge in [0.05, 0.1) is 16.7 Å². The number of rotatable bonds is 13. The smallest absolute Gasteiger partial charge is 0.461 e. The number of hydrogen-bond donors (Lipinski definition) is 2. The molecule has 1 atom stereocenters. The Bertz CT molecular complexity index is 1960. The van der Waals surface area contributed by atoms with E-state index in [0.717, 1.165) is 0 Å². The molecule has 4 aromatic rings. The molecule has 0 fully saturated rings. The van der Waals surface area contributed by atoms with Gasteiger partial charge >= 0.3 is 30.9 Å². The predicted molar refractivity (Wildman–Crippen MR) is 160 cm³/mol. The van der Waals surface area contributed by atoms with E-state index in [1.165, 1.54) is 24.3 Å². The number of benzene rings is 4. The number of aryl methyl sites for hydroxylation is 1. The van der Waals surface area contributed by atoms with Crippen LogP contribution in [0, 0.1) is 17.5 Å². The van der Waals surface area contributed by atoms with Crippen molar-refractivity contribution in [3.8, 4) is 5.75 Å². The number of carbonyl (C=O) groups is 2. The highest BCUT2D eigenvalue weighted by atomic mass is 19.4. The van der Waals surface area contributed by atoms with E-state index >= 15 is 4.39 Å². The minimum atomic E-state index is -5.43. The first-order valence-corrected chi connectivity index (χ1v) is 15.0. The van der Waals surface area contributed by atoms with Gasteiger partial charge in [-0.15, -0.1) is 0 Å². The topological polar surface area (TPSA) is 75.6 Å². The van der Waals surface area contributed by atoms with Crippen LogP contribution < -0.4 is 10.1 Å². The van der Waals surface area contributed by atoms with E-state index in [-0.39, 0.29) is 55.2 Å². The Balaban J connectivity index is 2.01. The quantitative estimate of drug-likeness (QED) is 0.133. The second kappa shape index (κ2) is 15.4. The number of carboxylic acids is 1. The number of carboxylic acid groups (broad SMARTS) is 1. The summed E-state index contributed by atoms with van der Waals surface area (Å²) in [4.78, 5) is 24.7.